The van der Waals surface area contributed by atoms with Gasteiger partial charge in [0.1, 0.15) is 11.3 Å². The van der Waals surface area contributed by atoms with Crippen molar-refractivity contribution in [3.8, 4) is 5.75 Å². The average molecular weight is 490 g/mol. The molecule has 3 N–H and O–H groups in total. The number of aryl methyl sites for hydroxylation is 2. The highest BCUT2D eigenvalue weighted by molar-refractivity contribution is 6.07. The van der Waals surface area contributed by atoms with E-state index in [1.807, 2.05) is 24.3 Å². The van der Waals surface area contributed by atoms with Crippen LogP contribution in [0.15, 0.2) is 48.5 Å². The number of urea groups is 1. The molecule has 0 bridgehead atoms. The van der Waals surface area contributed by atoms with Crippen molar-refractivity contribution in [2.24, 2.45) is 5.92 Å². The predicted molar refractivity (Wildman–Crippen MR) is 136 cm³/mol. The number of aliphatic hydroxyl groups is 1. The van der Waals surface area contributed by atoms with Crippen LogP contribution in [0.3, 0.4) is 0 Å². The van der Waals surface area contributed by atoms with Gasteiger partial charge in [0.05, 0.1) is 12.7 Å². The normalized spacial score (nSPS) is 35.1. The molecule has 2 aliphatic heterocycles. The zero-order valence-electron chi connectivity index (χ0n) is 21.0. The molecule has 3 amide bonds. The summed E-state index contributed by atoms with van der Waals surface area (Å²) in [4.78, 5) is 27.7. The second-order valence-electron chi connectivity index (χ2n) is 11.3. The quantitative estimate of drug-likeness (QED) is 0.543. The maximum absolute atomic E-state index is 13.0. The number of carbonyl (C=O) groups is 2. The smallest absolute Gasteiger partial charge is 0.322 e. The first-order chi connectivity index (χ1) is 17.3. The largest absolute Gasteiger partial charge is 0.497 e. The molecule has 2 heterocycles. The number of fused-ring (bicyclic) bond motifs is 3. The van der Waals surface area contributed by atoms with Gasteiger partial charge in [-0.3, -0.25) is 15.0 Å². The van der Waals surface area contributed by atoms with Crippen LogP contribution in [0, 0.1) is 12.8 Å². The fourth-order valence-electron chi connectivity index (χ4n) is 7.94. The van der Waals surface area contributed by atoms with Crippen LogP contribution in [-0.4, -0.2) is 59.3 Å². The summed E-state index contributed by atoms with van der Waals surface area (Å²) in [7, 11) is 1.65. The van der Waals surface area contributed by atoms with Gasteiger partial charge in [-0.05, 0) is 86.7 Å². The van der Waals surface area contributed by atoms with Crippen LogP contribution in [0.25, 0.3) is 0 Å². The Morgan fingerprint density at radius 2 is 1.94 bits per heavy atom. The number of methoxy groups -OCH3 is 1. The first-order valence-electron chi connectivity index (χ1n) is 13.1. The van der Waals surface area contributed by atoms with Crippen LogP contribution in [0.5, 0.6) is 5.75 Å². The minimum atomic E-state index is -0.987. The zero-order valence-corrected chi connectivity index (χ0v) is 21.0. The summed E-state index contributed by atoms with van der Waals surface area (Å²) in [5, 5.41) is 18.1. The summed E-state index contributed by atoms with van der Waals surface area (Å²) in [6.07, 6.45) is 4.15. The monoisotopic (exact) mass is 489 g/mol. The summed E-state index contributed by atoms with van der Waals surface area (Å²) in [5.41, 5.74) is 0.828. The second-order valence-corrected chi connectivity index (χ2v) is 11.3. The Kier molecular flexibility index (Phi) is 5.43. The van der Waals surface area contributed by atoms with Crippen LogP contribution in [-0.2, 0) is 16.6 Å². The summed E-state index contributed by atoms with van der Waals surface area (Å²) in [5.74, 6) is 0.826. The third-order valence-corrected chi connectivity index (χ3v) is 9.50. The molecule has 190 valence electrons. The Labute approximate surface area is 212 Å². The number of amides is 3. The molecule has 5 unspecified atom stereocenters. The summed E-state index contributed by atoms with van der Waals surface area (Å²) < 4.78 is 5.58. The lowest BCUT2D eigenvalue weighted by Gasteiger charge is -2.57. The van der Waals surface area contributed by atoms with Crippen molar-refractivity contribution in [1.29, 1.82) is 0 Å². The molecule has 2 aromatic carbocycles. The first kappa shape index (κ1) is 23.5. The van der Waals surface area contributed by atoms with Crippen molar-refractivity contribution < 1.29 is 19.4 Å². The standard InChI is InChI=1S/C29H35N3O4/c1-19-10-11-22(36-2)15-23(19)27-16-21-17-32(14-6-9-20-7-4-3-5-8-20)24(21)29(27,35)13-12-28(18-27)25(33)30-26(34)31-28/h3-5,7-8,10-11,15,21,24,35H,6,9,12-14,16-18H2,1-2H3,(H2,30,31,33,34). The van der Waals surface area contributed by atoms with E-state index >= 15 is 0 Å². The minimum absolute atomic E-state index is 0.0522. The van der Waals surface area contributed by atoms with Crippen molar-refractivity contribution in [3.63, 3.8) is 0 Å². The lowest BCUT2D eigenvalue weighted by atomic mass is 9.55. The molecule has 7 nitrogen and oxygen atoms in total. The summed E-state index contributed by atoms with van der Waals surface area (Å²) >= 11 is 0. The molecule has 7 heteroatoms. The molecule has 2 aromatic rings. The molecule has 1 spiro atoms. The van der Waals surface area contributed by atoms with Crippen molar-refractivity contribution >= 4 is 11.9 Å². The van der Waals surface area contributed by atoms with Gasteiger partial charge in [0.2, 0.25) is 0 Å². The average Bonchev–Trinajstić information content (AvgIpc) is 3.24. The third-order valence-electron chi connectivity index (χ3n) is 9.50. The Bertz CT molecular complexity index is 1200. The molecule has 5 atom stereocenters. The van der Waals surface area contributed by atoms with Gasteiger partial charge in [-0.2, -0.15) is 0 Å². The van der Waals surface area contributed by atoms with Crippen molar-refractivity contribution in [3.05, 3.63) is 65.2 Å². The fourth-order valence-corrected chi connectivity index (χ4v) is 7.94. The second kappa shape index (κ2) is 8.32. The van der Waals surface area contributed by atoms with Crippen molar-refractivity contribution in [2.45, 2.75) is 68.0 Å². The van der Waals surface area contributed by atoms with E-state index < -0.39 is 22.6 Å². The van der Waals surface area contributed by atoms with Gasteiger partial charge in [0.25, 0.3) is 5.91 Å². The number of ether oxygens (including phenoxy) is 1. The molecule has 6 rings (SSSR count). The lowest BCUT2D eigenvalue weighted by molar-refractivity contribution is -0.148. The highest BCUT2D eigenvalue weighted by Crippen LogP contribution is 2.65. The fraction of sp³-hybridized carbons (Fsp3) is 0.517. The molecule has 2 aliphatic carbocycles. The molecular weight excluding hydrogens is 454 g/mol. The Hall–Kier alpha value is -2.90. The molecule has 36 heavy (non-hydrogen) atoms. The molecule has 4 aliphatic rings. The number of carbonyl (C=O) groups excluding carboxylic acids is 2. The van der Waals surface area contributed by atoms with Crippen LogP contribution in [0.1, 0.15) is 48.8 Å². The van der Waals surface area contributed by atoms with E-state index in [-0.39, 0.29) is 11.9 Å². The van der Waals surface area contributed by atoms with E-state index in [1.165, 1.54) is 5.56 Å². The Morgan fingerprint density at radius 3 is 2.67 bits per heavy atom. The summed E-state index contributed by atoms with van der Waals surface area (Å²) in [6.45, 7) is 3.96. The number of nitrogens with one attached hydrogen (secondary N) is 2. The van der Waals surface area contributed by atoms with Crippen LogP contribution >= 0.6 is 0 Å². The number of likely N-dealkylation sites (tertiary alicyclic amines) is 1. The first-order valence-corrected chi connectivity index (χ1v) is 13.1. The zero-order chi connectivity index (χ0) is 25.1. The van der Waals surface area contributed by atoms with E-state index in [9.17, 15) is 14.7 Å². The Balaban J connectivity index is 1.34. The van der Waals surface area contributed by atoms with Gasteiger partial charge in [0, 0.05) is 18.0 Å². The van der Waals surface area contributed by atoms with Gasteiger partial charge in [-0.25, -0.2) is 4.79 Å². The maximum atomic E-state index is 13.0. The third kappa shape index (κ3) is 3.32. The van der Waals surface area contributed by atoms with Gasteiger partial charge in [-0.15, -0.1) is 0 Å². The van der Waals surface area contributed by atoms with Gasteiger partial charge in [-0.1, -0.05) is 36.4 Å². The minimum Gasteiger partial charge on any atom is -0.497 e. The number of rotatable bonds is 6. The van der Waals surface area contributed by atoms with Crippen LogP contribution in [0.4, 0.5) is 4.79 Å². The van der Waals surface area contributed by atoms with Gasteiger partial charge >= 0.3 is 6.03 Å². The topological polar surface area (TPSA) is 90.9 Å². The van der Waals surface area contributed by atoms with E-state index in [4.69, 9.17) is 4.74 Å². The maximum Gasteiger partial charge on any atom is 0.322 e. The highest BCUT2D eigenvalue weighted by Gasteiger charge is 2.73. The van der Waals surface area contributed by atoms with Crippen molar-refractivity contribution in [1.82, 2.24) is 15.5 Å². The number of nitrogens with zero attached hydrogens (tertiary/aromatic N) is 1. The van der Waals surface area contributed by atoms with Crippen LogP contribution < -0.4 is 15.4 Å². The number of hydrogen-bond donors (Lipinski definition) is 3. The molecular formula is C29H35N3O4. The van der Waals surface area contributed by atoms with Gasteiger partial charge < -0.3 is 15.2 Å². The molecule has 0 radical (unpaired) electrons. The molecule has 0 aromatic heterocycles. The molecule has 2 saturated carbocycles. The van der Waals surface area contributed by atoms with Crippen molar-refractivity contribution in [2.75, 3.05) is 20.2 Å². The molecule has 2 saturated heterocycles. The highest BCUT2D eigenvalue weighted by atomic mass is 16.5. The lowest BCUT2D eigenvalue weighted by Crippen LogP contribution is -2.70. The van der Waals surface area contributed by atoms with E-state index in [2.05, 4.69) is 46.7 Å². The van der Waals surface area contributed by atoms with E-state index in [1.54, 1.807) is 7.11 Å². The van der Waals surface area contributed by atoms with Gasteiger partial charge in [0.15, 0.2) is 0 Å². The number of benzene rings is 2. The van der Waals surface area contributed by atoms with Crippen LogP contribution in [0.2, 0.25) is 0 Å². The SMILES string of the molecule is COc1ccc(C)c(C23CC4CN(CCCc5ccccc5)C4C2(O)CCC2(C3)NC(=O)NC2=O)c1. The number of hydrogen-bond acceptors (Lipinski definition) is 5. The number of imide groups is 1. The predicted octanol–water partition coefficient (Wildman–Crippen LogP) is 3.07. The van der Waals surface area contributed by atoms with E-state index in [0.717, 1.165) is 49.2 Å². The molecule has 4 fully saturated rings. The summed E-state index contributed by atoms with van der Waals surface area (Å²) in [6, 6.07) is 16.2. The Morgan fingerprint density at radius 1 is 1.14 bits per heavy atom. The van der Waals surface area contributed by atoms with E-state index in [0.29, 0.717) is 25.2 Å².